The number of carbonyl (C=O) groups is 2. The van der Waals surface area contributed by atoms with Crippen LogP contribution in [-0.2, 0) is 16.0 Å². The summed E-state index contributed by atoms with van der Waals surface area (Å²) >= 11 is 0. The number of carbonyl (C=O) groups excluding carboxylic acids is 2. The van der Waals surface area contributed by atoms with Gasteiger partial charge in [-0.05, 0) is 50.4 Å². The third kappa shape index (κ3) is 4.38. The lowest BCUT2D eigenvalue weighted by Gasteiger charge is -2.34. The van der Waals surface area contributed by atoms with Gasteiger partial charge < -0.3 is 15.1 Å². The molecule has 2 atom stereocenters. The summed E-state index contributed by atoms with van der Waals surface area (Å²) in [4.78, 5) is 29.3. The molecule has 1 N–H and O–H groups in total. The smallest absolute Gasteiger partial charge is 0.228 e. The lowest BCUT2D eigenvalue weighted by atomic mass is 9.96. The van der Waals surface area contributed by atoms with Gasteiger partial charge in [0.2, 0.25) is 11.8 Å². The van der Waals surface area contributed by atoms with Crippen LogP contribution in [0.15, 0.2) is 24.3 Å². The third-order valence-electron chi connectivity index (χ3n) is 5.46. The van der Waals surface area contributed by atoms with Crippen LogP contribution in [0.5, 0.6) is 0 Å². The summed E-state index contributed by atoms with van der Waals surface area (Å²) in [6.07, 6.45) is 3.45. The van der Waals surface area contributed by atoms with Gasteiger partial charge >= 0.3 is 0 Å². The monoisotopic (exact) mass is 379 g/mol. The number of nitrogens with zero attached hydrogens (tertiary/aromatic N) is 2. The van der Waals surface area contributed by atoms with Crippen LogP contribution in [0.3, 0.4) is 0 Å². The molecule has 5 nitrogen and oxygen atoms in total. The van der Waals surface area contributed by atoms with Gasteiger partial charge in [0, 0.05) is 31.7 Å². The number of amides is 2. The Kier molecular flexibility index (Phi) is 7.47. The van der Waals surface area contributed by atoms with E-state index in [9.17, 15) is 9.59 Å². The summed E-state index contributed by atoms with van der Waals surface area (Å²) < 4.78 is 0. The molecule has 2 aliphatic heterocycles. The molecule has 1 aromatic rings. The highest BCUT2D eigenvalue weighted by Gasteiger charge is 2.38. The van der Waals surface area contributed by atoms with Crippen LogP contribution in [-0.4, -0.2) is 49.9 Å². The largest absolute Gasteiger partial charge is 0.342 e. The Morgan fingerprint density at radius 2 is 2.04 bits per heavy atom. The maximum atomic E-state index is 13.0. The zero-order valence-corrected chi connectivity index (χ0v) is 16.6. The number of halogens is 1. The van der Waals surface area contributed by atoms with Crippen LogP contribution >= 0.6 is 12.4 Å². The SMILES string of the molecule is CCc1ccccc1N1CC(C(=O)N2CCCC(CNC)C2)CC1=O.Cl. The molecule has 1 aromatic carbocycles. The fraction of sp³-hybridized carbons (Fsp3) is 0.600. The van der Waals surface area contributed by atoms with Crippen molar-refractivity contribution < 1.29 is 9.59 Å². The molecule has 6 heteroatoms. The summed E-state index contributed by atoms with van der Waals surface area (Å²) in [5.41, 5.74) is 2.13. The second-order valence-electron chi connectivity index (χ2n) is 7.24. The molecule has 0 aromatic heterocycles. The van der Waals surface area contributed by atoms with Crippen LogP contribution in [0, 0.1) is 11.8 Å². The zero-order chi connectivity index (χ0) is 17.8. The van der Waals surface area contributed by atoms with Crippen molar-refractivity contribution in [2.24, 2.45) is 11.8 Å². The number of nitrogens with one attached hydrogen (secondary N) is 1. The molecule has 2 amide bonds. The van der Waals surface area contributed by atoms with Crippen LogP contribution in [0.2, 0.25) is 0 Å². The number of aryl methyl sites for hydroxylation is 1. The summed E-state index contributed by atoms with van der Waals surface area (Å²) in [6, 6.07) is 8.02. The molecule has 0 aliphatic carbocycles. The first-order valence-electron chi connectivity index (χ1n) is 9.45. The van der Waals surface area contributed by atoms with Gasteiger partial charge in [-0.1, -0.05) is 25.1 Å². The van der Waals surface area contributed by atoms with E-state index in [4.69, 9.17) is 0 Å². The van der Waals surface area contributed by atoms with E-state index in [0.717, 1.165) is 43.7 Å². The predicted octanol–water partition coefficient (Wildman–Crippen LogP) is 2.48. The van der Waals surface area contributed by atoms with Crippen molar-refractivity contribution in [3.8, 4) is 0 Å². The topological polar surface area (TPSA) is 52.7 Å². The molecule has 3 rings (SSSR count). The summed E-state index contributed by atoms with van der Waals surface area (Å²) in [7, 11) is 1.96. The molecule has 2 saturated heterocycles. The number of anilines is 1. The molecule has 26 heavy (non-hydrogen) atoms. The van der Waals surface area contributed by atoms with Crippen molar-refractivity contribution in [1.29, 1.82) is 0 Å². The Hall–Kier alpha value is -1.59. The quantitative estimate of drug-likeness (QED) is 0.855. The van der Waals surface area contributed by atoms with Gasteiger partial charge in [-0.3, -0.25) is 9.59 Å². The predicted molar refractivity (Wildman–Crippen MR) is 107 cm³/mol. The highest BCUT2D eigenvalue weighted by molar-refractivity contribution is 6.00. The number of para-hydroxylation sites is 1. The minimum absolute atomic E-state index is 0. The molecule has 0 radical (unpaired) electrons. The molecule has 0 bridgehead atoms. The molecule has 0 spiro atoms. The van der Waals surface area contributed by atoms with Crippen molar-refractivity contribution >= 4 is 29.9 Å². The Morgan fingerprint density at radius 1 is 1.27 bits per heavy atom. The number of likely N-dealkylation sites (tertiary alicyclic amines) is 1. The second kappa shape index (κ2) is 9.38. The number of hydrogen-bond acceptors (Lipinski definition) is 3. The first kappa shape index (κ1) is 20.7. The fourth-order valence-corrected chi connectivity index (χ4v) is 4.16. The van der Waals surface area contributed by atoms with E-state index < -0.39 is 0 Å². The van der Waals surface area contributed by atoms with Gasteiger partial charge in [-0.2, -0.15) is 0 Å². The second-order valence-corrected chi connectivity index (χ2v) is 7.24. The number of rotatable bonds is 5. The van der Waals surface area contributed by atoms with E-state index in [1.165, 1.54) is 6.42 Å². The summed E-state index contributed by atoms with van der Waals surface area (Å²) in [5.74, 6) is 0.552. The van der Waals surface area contributed by atoms with Crippen molar-refractivity contribution in [3.05, 3.63) is 29.8 Å². The van der Waals surface area contributed by atoms with Gasteiger partial charge in [0.1, 0.15) is 0 Å². The average molecular weight is 380 g/mol. The zero-order valence-electron chi connectivity index (χ0n) is 15.7. The van der Waals surface area contributed by atoms with E-state index in [1.54, 1.807) is 0 Å². The minimum atomic E-state index is -0.203. The van der Waals surface area contributed by atoms with Crippen molar-refractivity contribution in [2.45, 2.75) is 32.6 Å². The Balaban J connectivity index is 0.00000243. The molecule has 2 fully saturated rings. The maximum Gasteiger partial charge on any atom is 0.228 e. The van der Waals surface area contributed by atoms with Crippen molar-refractivity contribution in [2.75, 3.05) is 38.1 Å². The summed E-state index contributed by atoms with van der Waals surface area (Å²) in [6.45, 7) is 5.20. The van der Waals surface area contributed by atoms with Crippen molar-refractivity contribution in [1.82, 2.24) is 10.2 Å². The molecule has 144 valence electrons. The van der Waals surface area contributed by atoms with Crippen LogP contribution in [0.4, 0.5) is 5.69 Å². The molecule has 0 saturated carbocycles. The standard InChI is InChI=1S/C20H29N3O2.ClH/c1-3-16-8-4-5-9-18(16)23-14-17(11-19(23)24)20(25)22-10-6-7-15(13-22)12-21-2;/h4-5,8-9,15,17,21H,3,6-7,10-14H2,1-2H3;1H. The molecular weight excluding hydrogens is 350 g/mol. The molecule has 2 aliphatic rings. The number of piperidine rings is 1. The Labute approximate surface area is 162 Å². The maximum absolute atomic E-state index is 13.0. The lowest BCUT2D eigenvalue weighted by Crippen LogP contribution is -2.45. The number of hydrogen-bond donors (Lipinski definition) is 1. The lowest BCUT2D eigenvalue weighted by molar-refractivity contribution is -0.137. The first-order chi connectivity index (χ1) is 12.1. The Morgan fingerprint density at radius 3 is 2.77 bits per heavy atom. The van der Waals surface area contributed by atoms with Gasteiger partial charge in [0.25, 0.3) is 0 Å². The van der Waals surface area contributed by atoms with Crippen LogP contribution < -0.4 is 10.2 Å². The molecular formula is C20H30ClN3O2. The van der Waals surface area contributed by atoms with Crippen molar-refractivity contribution in [3.63, 3.8) is 0 Å². The van der Waals surface area contributed by atoms with Gasteiger partial charge in [0.15, 0.2) is 0 Å². The number of benzene rings is 1. The minimum Gasteiger partial charge on any atom is -0.342 e. The van der Waals surface area contributed by atoms with E-state index in [-0.39, 0.29) is 30.1 Å². The fourth-order valence-electron chi connectivity index (χ4n) is 4.16. The van der Waals surface area contributed by atoms with Crippen LogP contribution in [0.1, 0.15) is 31.7 Å². The Bertz CT molecular complexity index is 635. The third-order valence-corrected chi connectivity index (χ3v) is 5.46. The average Bonchev–Trinajstić information content (AvgIpc) is 3.03. The van der Waals surface area contributed by atoms with E-state index in [0.29, 0.717) is 18.9 Å². The van der Waals surface area contributed by atoms with E-state index in [1.807, 2.05) is 35.0 Å². The first-order valence-corrected chi connectivity index (χ1v) is 9.45. The molecule has 2 heterocycles. The van der Waals surface area contributed by atoms with Gasteiger partial charge in [-0.25, -0.2) is 0 Å². The normalized spacial score (nSPS) is 23.1. The molecule has 2 unspecified atom stereocenters. The van der Waals surface area contributed by atoms with Gasteiger partial charge in [-0.15, -0.1) is 12.4 Å². The summed E-state index contributed by atoms with van der Waals surface area (Å²) in [5, 5.41) is 3.21. The van der Waals surface area contributed by atoms with E-state index in [2.05, 4.69) is 18.3 Å². The van der Waals surface area contributed by atoms with Gasteiger partial charge in [0.05, 0.1) is 5.92 Å². The van der Waals surface area contributed by atoms with E-state index >= 15 is 0 Å². The highest BCUT2D eigenvalue weighted by Crippen LogP contribution is 2.30. The highest BCUT2D eigenvalue weighted by atomic mass is 35.5. The van der Waals surface area contributed by atoms with Crippen LogP contribution in [0.25, 0.3) is 0 Å².